The molecular formula is C9H18NO4+2. The predicted octanol–water partition coefficient (Wildman–Crippen LogP) is 0.796. The minimum Gasteiger partial charge on any atom is -0.481 e. The monoisotopic (exact) mass is 204 g/mol. The molecule has 0 atom stereocenters. The fourth-order valence-corrected chi connectivity index (χ4v) is 0.897. The fraction of sp³-hybridized carbons (Fsp3) is 0.778. The van der Waals surface area contributed by atoms with Crippen molar-refractivity contribution in [3.8, 4) is 0 Å². The zero-order valence-electron chi connectivity index (χ0n) is 8.95. The normalized spacial score (nSPS) is 11.1. The average Bonchev–Trinajstić information content (AvgIpc) is 1.94. The van der Waals surface area contributed by atoms with E-state index in [1.807, 2.05) is 0 Å². The SMILES string of the molecule is C[N+](C)(C)OC(=[O+])CCCCC(=O)O. The summed E-state index contributed by atoms with van der Waals surface area (Å²) in [5, 5.41) is 8.35. The van der Waals surface area contributed by atoms with Gasteiger partial charge >= 0.3 is 11.9 Å². The quantitative estimate of drug-likeness (QED) is 0.301. The lowest BCUT2D eigenvalue weighted by Gasteiger charge is -2.09. The minimum atomic E-state index is -0.829. The Kier molecular flexibility index (Phi) is 5.15. The lowest BCUT2D eigenvalue weighted by atomic mass is 10.2. The first-order valence-electron chi connectivity index (χ1n) is 4.57. The van der Waals surface area contributed by atoms with Crippen molar-refractivity contribution in [3.63, 3.8) is 0 Å². The van der Waals surface area contributed by atoms with Gasteiger partial charge in [-0.2, -0.15) is 0 Å². The standard InChI is InChI=1S/C9H17NO4/c1-10(2,3)14-9(13)7-5-4-6-8(11)12/h4-7H2,1-3H3/q+1/p+1. The number of aliphatic carboxylic acids is 1. The van der Waals surface area contributed by atoms with Crippen LogP contribution in [0.2, 0.25) is 0 Å². The highest BCUT2D eigenvalue weighted by Crippen LogP contribution is 2.03. The highest BCUT2D eigenvalue weighted by atomic mass is 16.7. The largest absolute Gasteiger partial charge is 0.638 e. The third-order valence-electron chi connectivity index (χ3n) is 1.40. The molecule has 14 heavy (non-hydrogen) atoms. The first-order chi connectivity index (χ1) is 6.31. The van der Waals surface area contributed by atoms with E-state index >= 15 is 0 Å². The van der Waals surface area contributed by atoms with Gasteiger partial charge in [-0.1, -0.05) is 9.48 Å². The van der Waals surface area contributed by atoms with E-state index in [1.165, 1.54) is 0 Å². The van der Waals surface area contributed by atoms with E-state index in [0.717, 1.165) is 0 Å². The summed E-state index contributed by atoms with van der Waals surface area (Å²) in [6.07, 6.45) is 1.47. The van der Waals surface area contributed by atoms with Crippen LogP contribution in [-0.4, -0.2) is 42.8 Å². The van der Waals surface area contributed by atoms with Crippen LogP contribution >= 0.6 is 0 Å². The second kappa shape index (κ2) is 5.59. The molecule has 0 fully saturated rings. The molecule has 1 radical (unpaired) electrons. The number of unbranched alkanes of at least 4 members (excludes halogenated alkanes) is 1. The lowest BCUT2D eigenvalue weighted by Crippen LogP contribution is -2.36. The number of carbonyl (C=O) groups excluding carboxylic acids is 1. The van der Waals surface area contributed by atoms with Crippen molar-refractivity contribution < 1.29 is 24.2 Å². The van der Waals surface area contributed by atoms with Crippen LogP contribution in [0.5, 0.6) is 0 Å². The molecular weight excluding hydrogens is 186 g/mol. The number of hydroxylamine groups is 3. The Morgan fingerprint density at radius 1 is 1.29 bits per heavy atom. The molecule has 0 unspecified atom stereocenters. The van der Waals surface area contributed by atoms with Gasteiger partial charge in [-0.05, 0) is 12.8 Å². The molecule has 0 aromatic rings. The van der Waals surface area contributed by atoms with Crippen LogP contribution in [0, 0.1) is 0 Å². The molecule has 0 aliphatic rings. The highest BCUT2D eigenvalue weighted by Gasteiger charge is 2.28. The summed E-state index contributed by atoms with van der Waals surface area (Å²) in [5.74, 6) is -1.12. The Hall–Kier alpha value is -1.10. The maximum Gasteiger partial charge on any atom is 0.638 e. The molecule has 0 aromatic carbocycles. The van der Waals surface area contributed by atoms with Crippen molar-refractivity contribution in [2.45, 2.75) is 25.7 Å². The van der Waals surface area contributed by atoms with Crippen molar-refractivity contribution in [1.82, 2.24) is 0 Å². The molecule has 5 nitrogen and oxygen atoms in total. The van der Waals surface area contributed by atoms with E-state index in [-0.39, 0.29) is 23.5 Å². The van der Waals surface area contributed by atoms with Gasteiger partial charge in [-0.15, -0.1) is 0 Å². The number of carboxylic acids is 1. The lowest BCUT2D eigenvalue weighted by molar-refractivity contribution is -1.04. The van der Waals surface area contributed by atoms with Gasteiger partial charge in [0.1, 0.15) is 27.6 Å². The molecule has 0 rings (SSSR count). The number of quaternary nitrogens is 1. The summed E-state index contributed by atoms with van der Waals surface area (Å²) in [7, 11) is 5.24. The van der Waals surface area contributed by atoms with Crippen molar-refractivity contribution in [1.29, 1.82) is 0 Å². The molecule has 0 aliphatic carbocycles. The highest BCUT2D eigenvalue weighted by molar-refractivity contribution is 5.69. The zero-order chi connectivity index (χ0) is 11.2. The average molecular weight is 204 g/mol. The Bertz CT molecular complexity index is 207. The van der Waals surface area contributed by atoms with Gasteiger partial charge in [-0.3, -0.25) is 4.79 Å². The van der Waals surface area contributed by atoms with E-state index in [0.29, 0.717) is 12.8 Å². The van der Waals surface area contributed by atoms with Crippen molar-refractivity contribution in [2.24, 2.45) is 0 Å². The van der Waals surface area contributed by atoms with Crippen LogP contribution in [0.25, 0.3) is 0 Å². The molecule has 0 spiro atoms. The molecule has 0 amide bonds. The third kappa shape index (κ3) is 8.99. The Morgan fingerprint density at radius 2 is 1.79 bits per heavy atom. The van der Waals surface area contributed by atoms with Gasteiger partial charge in [0.05, 0.1) is 4.79 Å². The topological polar surface area (TPSA) is 66.4 Å². The molecule has 5 heteroatoms. The summed E-state index contributed by atoms with van der Waals surface area (Å²) in [6.45, 7) is 0. The second-order valence-corrected chi connectivity index (χ2v) is 3.95. The van der Waals surface area contributed by atoms with Gasteiger partial charge in [0.2, 0.25) is 0 Å². The predicted molar refractivity (Wildman–Crippen MR) is 50.2 cm³/mol. The van der Waals surface area contributed by atoms with E-state index in [2.05, 4.69) is 0 Å². The molecule has 0 saturated carbocycles. The van der Waals surface area contributed by atoms with Gasteiger partial charge in [-0.25, -0.2) is 0 Å². The van der Waals surface area contributed by atoms with Crippen molar-refractivity contribution in [3.05, 3.63) is 0 Å². The van der Waals surface area contributed by atoms with Crippen LogP contribution in [-0.2, 0) is 14.4 Å². The number of hydrogen-bond donors (Lipinski definition) is 1. The maximum atomic E-state index is 11.1. The van der Waals surface area contributed by atoms with Crippen LogP contribution in [0.3, 0.4) is 0 Å². The molecule has 81 valence electrons. The van der Waals surface area contributed by atoms with Crippen LogP contribution in [0.1, 0.15) is 25.7 Å². The van der Waals surface area contributed by atoms with Gasteiger partial charge in [0.15, 0.2) is 0 Å². The maximum absolute atomic E-state index is 11.1. The summed E-state index contributed by atoms with van der Waals surface area (Å²) in [4.78, 5) is 26.3. The summed E-state index contributed by atoms with van der Waals surface area (Å²) in [6, 6.07) is 0. The van der Waals surface area contributed by atoms with E-state index < -0.39 is 5.97 Å². The summed E-state index contributed by atoms with van der Waals surface area (Å²) < 4.78 is 0.137. The van der Waals surface area contributed by atoms with E-state index in [9.17, 15) is 9.59 Å². The Labute approximate surface area is 83.8 Å². The van der Waals surface area contributed by atoms with Crippen molar-refractivity contribution in [2.75, 3.05) is 21.1 Å². The molecule has 0 aromatic heterocycles. The molecule has 1 N–H and O–H groups in total. The first kappa shape index (κ1) is 12.9. The van der Waals surface area contributed by atoms with Crippen molar-refractivity contribution >= 4 is 11.9 Å². The molecule has 0 aliphatic heterocycles. The minimum absolute atomic E-state index is 0.109. The number of hydrogen-bond acceptors (Lipinski definition) is 3. The third-order valence-corrected chi connectivity index (χ3v) is 1.40. The molecule has 0 saturated heterocycles. The van der Waals surface area contributed by atoms with E-state index in [1.54, 1.807) is 21.1 Å². The smallest absolute Gasteiger partial charge is 0.481 e. The Balaban J connectivity index is 3.50. The van der Waals surface area contributed by atoms with E-state index in [4.69, 9.17) is 9.94 Å². The summed E-state index contributed by atoms with van der Waals surface area (Å²) >= 11 is 0. The van der Waals surface area contributed by atoms with Gasteiger partial charge in [0.25, 0.3) is 0 Å². The van der Waals surface area contributed by atoms with Crippen LogP contribution < -0.4 is 0 Å². The number of nitrogens with zero attached hydrogens (tertiary/aromatic N) is 1. The zero-order valence-corrected chi connectivity index (χ0v) is 8.95. The molecule has 0 heterocycles. The fourth-order valence-electron chi connectivity index (χ4n) is 0.897. The number of rotatable bonds is 6. The Morgan fingerprint density at radius 3 is 2.21 bits per heavy atom. The van der Waals surface area contributed by atoms with Gasteiger partial charge < -0.3 is 5.11 Å². The number of carboxylic acid groups (broad SMARTS) is 1. The second-order valence-electron chi connectivity index (χ2n) is 3.95. The summed E-state index contributed by atoms with van der Waals surface area (Å²) in [5.41, 5.74) is 0. The van der Waals surface area contributed by atoms with Gasteiger partial charge in [0, 0.05) is 6.42 Å². The first-order valence-corrected chi connectivity index (χ1v) is 4.57. The molecule has 0 bridgehead atoms. The number of carbonyl (C=O) groups is 2. The van der Waals surface area contributed by atoms with Crippen LogP contribution in [0.15, 0.2) is 0 Å². The van der Waals surface area contributed by atoms with Crippen LogP contribution in [0.4, 0.5) is 0 Å².